The molecule has 0 radical (unpaired) electrons. The fraction of sp³-hybridized carbons (Fsp3) is 0.364. The highest BCUT2D eigenvalue weighted by molar-refractivity contribution is 6.08. The van der Waals surface area contributed by atoms with E-state index in [-0.39, 0.29) is 5.91 Å². The second-order valence-corrected chi connectivity index (χ2v) is 6.65. The number of para-hydroxylation sites is 1. The van der Waals surface area contributed by atoms with E-state index in [1.165, 1.54) is 0 Å². The van der Waals surface area contributed by atoms with Crippen LogP contribution in [0.4, 0.5) is 5.82 Å². The van der Waals surface area contributed by atoms with E-state index >= 15 is 0 Å². The van der Waals surface area contributed by atoms with Crippen molar-refractivity contribution in [2.45, 2.75) is 46.6 Å². The van der Waals surface area contributed by atoms with E-state index < -0.39 is 0 Å². The van der Waals surface area contributed by atoms with E-state index in [0.717, 1.165) is 42.3 Å². The number of pyridine rings is 1. The van der Waals surface area contributed by atoms with Gasteiger partial charge in [-0.15, -0.1) is 0 Å². The summed E-state index contributed by atoms with van der Waals surface area (Å²) in [6.45, 7) is 7.61. The van der Waals surface area contributed by atoms with Crippen molar-refractivity contribution in [2.75, 3.05) is 11.9 Å². The van der Waals surface area contributed by atoms with Crippen molar-refractivity contribution in [1.82, 2.24) is 9.55 Å². The van der Waals surface area contributed by atoms with Gasteiger partial charge in [0.1, 0.15) is 5.69 Å². The Hall–Kier alpha value is -2.82. The molecule has 0 bridgehead atoms. The molecule has 5 heteroatoms. The lowest BCUT2D eigenvalue weighted by molar-refractivity contribution is 0.101. The molecule has 3 aromatic rings. The lowest BCUT2D eigenvalue weighted by Gasteiger charge is -2.13. The van der Waals surface area contributed by atoms with Crippen LogP contribution in [0.25, 0.3) is 10.9 Å². The number of benzene rings is 1. The zero-order chi connectivity index (χ0) is 19.2. The van der Waals surface area contributed by atoms with Crippen LogP contribution in [0.2, 0.25) is 0 Å². The molecule has 5 nitrogen and oxygen atoms in total. The molecular weight excluding hydrogens is 338 g/mol. The van der Waals surface area contributed by atoms with Crippen molar-refractivity contribution < 1.29 is 9.53 Å². The molecule has 27 heavy (non-hydrogen) atoms. The summed E-state index contributed by atoms with van der Waals surface area (Å²) in [4.78, 5) is 17.5. The molecular formula is C22H27N3O2. The summed E-state index contributed by atoms with van der Waals surface area (Å²) in [7, 11) is 0. The van der Waals surface area contributed by atoms with Gasteiger partial charge >= 0.3 is 0 Å². The zero-order valence-corrected chi connectivity index (χ0v) is 16.3. The molecule has 0 aliphatic rings. The van der Waals surface area contributed by atoms with Gasteiger partial charge in [-0.05, 0) is 43.5 Å². The molecule has 3 rings (SSSR count). The van der Waals surface area contributed by atoms with Crippen molar-refractivity contribution >= 4 is 22.6 Å². The van der Waals surface area contributed by atoms with E-state index in [1.807, 2.05) is 38.1 Å². The zero-order valence-electron chi connectivity index (χ0n) is 16.3. The van der Waals surface area contributed by atoms with Crippen LogP contribution >= 0.6 is 0 Å². The van der Waals surface area contributed by atoms with Crippen molar-refractivity contribution in [1.29, 1.82) is 0 Å². The standard InChI is InChI=1S/C22H27N3O2/c1-4-6-14-25-18-11-8-7-10-17(18)16(3)20(25)22(26)24-21-19(27-15-5-2)12-9-13-23-21/h7-13H,4-6,14-15H2,1-3H3,(H,23,24,26). The van der Waals surface area contributed by atoms with E-state index in [2.05, 4.69) is 33.9 Å². The number of hydrogen-bond acceptors (Lipinski definition) is 3. The van der Waals surface area contributed by atoms with E-state index in [0.29, 0.717) is 23.9 Å². The predicted molar refractivity (Wildman–Crippen MR) is 110 cm³/mol. The summed E-state index contributed by atoms with van der Waals surface area (Å²) < 4.78 is 7.85. The van der Waals surface area contributed by atoms with Crippen molar-refractivity contribution in [3.05, 3.63) is 53.9 Å². The second-order valence-electron chi connectivity index (χ2n) is 6.65. The Balaban J connectivity index is 1.98. The number of amides is 1. The number of hydrogen-bond donors (Lipinski definition) is 1. The van der Waals surface area contributed by atoms with Gasteiger partial charge in [0.2, 0.25) is 0 Å². The number of carbonyl (C=O) groups excluding carboxylic acids is 1. The summed E-state index contributed by atoms with van der Waals surface area (Å²) in [5.41, 5.74) is 2.78. The largest absolute Gasteiger partial charge is 0.490 e. The first-order valence-electron chi connectivity index (χ1n) is 9.64. The first-order valence-corrected chi connectivity index (χ1v) is 9.64. The number of rotatable bonds is 8. The van der Waals surface area contributed by atoms with Crippen LogP contribution in [0.3, 0.4) is 0 Å². The Labute approximate surface area is 160 Å². The molecule has 0 spiro atoms. The van der Waals surface area contributed by atoms with Gasteiger partial charge in [-0.3, -0.25) is 4.79 Å². The minimum atomic E-state index is -0.153. The van der Waals surface area contributed by atoms with Crippen LogP contribution in [0, 0.1) is 6.92 Å². The topological polar surface area (TPSA) is 56.2 Å². The highest BCUT2D eigenvalue weighted by Gasteiger charge is 2.21. The Morgan fingerprint density at radius 3 is 2.74 bits per heavy atom. The number of carbonyl (C=O) groups is 1. The van der Waals surface area contributed by atoms with Crippen LogP contribution < -0.4 is 10.1 Å². The highest BCUT2D eigenvalue weighted by Crippen LogP contribution is 2.28. The normalized spacial score (nSPS) is 10.9. The van der Waals surface area contributed by atoms with E-state index in [4.69, 9.17) is 4.74 Å². The van der Waals surface area contributed by atoms with Crippen LogP contribution in [-0.2, 0) is 6.54 Å². The maximum absolute atomic E-state index is 13.2. The fourth-order valence-corrected chi connectivity index (χ4v) is 3.30. The average molecular weight is 365 g/mol. The first-order chi connectivity index (χ1) is 13.2. The molecule has 1 amide bonds. The minimum Gasteiger partial charge on any atom is -0.490 e. The third-order valence-corrected chi connectivity index (χ3v) is 4.64. The number of nitrogens with one attached hydrogen (secondary N) is 1. The number of anilines is 1. The maximum atomic E-state index is 13.2. The number of unbranched alkanes of at least 4 members (excludes halogenated alkanes) is 1. The molecule has 2 aromatic heterocycles. The number of fused-ring (bicyclic) bond motifs is 1. The molecule has 0 aliphatic heterocycles. The molecule has 1 N–H and O–H groups in total. The van der Waals surface area contributed by atoms with Gasteiger partial charge in [0.05, 0.1) is 6.61 Å². The monoisotopic (exact) mass is 365 g/mol. The average Bonchev–Trinajstić information content (AvgIpc) is 2.98. The predicted octanol–water partition coefficient (Wildman–Crippen LogP) is 5.19. The van der Waals surface area contributed by atoms with E-state index in [9.17, 15) is 4.79 Å². The van der Waals surface area contributed by atoms with E-state index in [1.54, 1.807) is 6.20 Å². The van der Waals surface area contributed by atoms with Crippen molar-refractivity contribution in [2.24, 2.45) is 0 Å². The van der Waals surface area contributed by atoms with Gasteiger partial charge in [-0.1, -0.05) is 38.5 Å². The molecule has 0 unspecified atom stereocenters. The summed E-state index contributed by atoms with van der Waals surface area (Å²) in [6, 6.07) is 11.8. The molecule has 2 heterocycles. The molecule has 0 saturated carbocycles. The molecule has 1 aromatic carbocycles. The fourth-order valence-electron chi connectivity index (χ4n) is 3.30. The summed E-state index contributed by atoms with van der Waals surface area (Å²) in [5, 5.41) is 4.07. The lowest BCUT2D eigenvalue weighted by atomic mass is 10.1. The number of aromatic nitrogens is 2. The SMILES string of the molecule is CCCCn1c(C(=O)Nc2ncccc2OCCC)c(C)c2ccccc21. The van der Waals surface area contributed by atoms with Gasteiger partial charge in [-0.25, -0.2) is 4.98 Å². The quantitative estimate of drug-likeness (QED) is 0.598. The number of nitrogens with zero attached hydrogens (tertiary/aromatic N) is 2. The highest BCUT2D eigenvalue weighted by atomic mass is 16.5. The third-order valence-electron chi connectivity index (χ3n) is 4.64. The summed E-state index contributed by atoms with van der Waals surface area (Å²) in [6.07, 6.45) is 4.65. The molecule has 0 saturated heterocycles. The Bertz CT molecular complexity index is 930. The molecule has 142 valence electrons. The van der Waals surface area contributed by atoms with Gasteiger partial charge in [0.25, 0.3) is 5.91 Å². The number of ether oxygens (including phenoxy) is 1. The maximum Gasteiger partial charge on any atom is 0.273 e. The Kier molecular flexibility index (Phi) is 6.12. The first kappa shape index (κ1) is 19.0. The van der Waals surface area contributed by atoms with Gasteiger partial charge in [0, 0.05) is 23.6 Å². The summed E-state index contributed by atoms with van der Waals surface area (Å²) >= 11 is 0. The third kappa shape index (κ3) is 3.97. The van der Waals surface area contributed by atoms with Crippen LogP contribution in [0.15, 0.2) is 42.6 Å². The number of aryl methyl sites for hydroxylation is 2. The second kappa shape index (κ2) is 8.71. The van der Waals surface area contributed by atoms with Crippen LogP contribution in [0.1, 0.15) is 49.2 Å². The Morgan fingerprint density at radius 1 is 1.15 bits per heavy atom. The van der Waals surface area contributed by atoms with Crippen molar-refractivity contribution in [3.8, 4) is 5.75 Å². The summed E-state index contributed by atoms with van der Waals surface area (Å²) in [5.74, 6) is 0.907. The van der Waals surface area contributed by atoms with Crippen LogP contribution in [-0.4, -0.2) is 22.1 Å². The molecule has 0 fully saturated rings. The van der Waals surface area contributed by atoms with Gasteiger partial charge in [-0.2, -0.15) is 0 Å². The Morgan fingerprint density at radius 2 is 1.96 bits per heavy atom. The molecule has 0 atom stereocenters. The smallest absolute Gasteiger partial charge is 0.273 e. The van der Waals surface area contributed by atoms with Crippen LogP contribution in [0.5, 0.6) is 5.75 Å². The van der Waals surface area contributed by atoms with Crippen molar-refractivity contribution in [3.63, 3.8) is 0 Å². The molecule has 0 aliphatic carbocycles. The lowest BCUT2D eigenvalue weighted by Crippen LogP contribution is -2.19. The van der Waals surface area contributed by atoms with Gasteiger partial charge < -0.3 is 14.6 Å². The van der Waals surface area contributed by atoms with Gasteiger partial charge in [0.15, 0.2) is 11.6 Å². The minimum absolute atomic E-state index is 0.153.